The van der Waals surface area contributed by atoms with Gasteiger partial charge in [0.1, 0.15) is 18.3 Å². The number of hydrogen-bond acceptors (Lipinski definition) is 5. The van der Waals surface area contributed by atoms with Crippen molar-refractivity contribution in [2.24, 2.45) is 10.8 Å². The van der Waals surface area contributed by atoms with Crippen LogP contribution in [0, 0.1) is 6.92 Å². The van der Waals surface area contributed by atoms with Crippen molar-refractivity contribution in [1.82, 2.24) is 5.43 Å². The number of quaternary nitrogens is 1. The van der Waals surface area contributed by atoms with Gasteiger partial charge in [0.15, 0.2) is 5.11 Å². The number of aromatic hydroxyl groups is 1. The van der Waals surface area contributed by atoms with Gasteiger partial charge in [-0.3, -0.25) is 5.43 Å². The lowest BCUT2D eigenvalue weighted by molar-refractivity contribution is -0.919. The summed E-state index contributed by atoms with van der Waals surface area (Å²) in [5, 5.41) is 25.5. The van der Waals surface area contributed by atoms with E-state index in [-0.39, 0.29) is 10.9 Å². The smallest absolute Gasteiger partial charge is 0.184 e. The van der Waals surface area contributed by atoms with Crippen LogP contribution in [0.5, 0.6) is 5.75 Å². The molecule has 0 spiro atoms. The number of hydrogen-bond donors (Lipinski definition) is 4. The van der Waals surface area contributed by atoms with Gasteiger partial charge in [-0.15, -0.1) is 0 Å². The van der Waals surface area contributed by atoms with Crippen molar-refractivity contribution >= 4 is 29.5 Å². The molecule has 0 radical (unpaired) electrons. The quantitative estimate of drug-likeness (QED) is 0.285. The fourth-order valence-electron chi connectivity index (χ4n) is 2.93. The average Bonchev–Trinajstić information content (AvgIpc) is 2.91. The first-order valence-electron chi connectivity index (χ1n) is 7.35. The van der Waals surface area contributed by atoms with Crippen LogP contribution in [0.15, 0.2) is 17.2 Å². The molecule has 0 aliphatic carbocycles. The monoisotopic (exact) mass is 336 g/mol. The average molecular weight is 336 g/mol. The van der Waals surface area contributed by atoms with Crippen LogP contribution in [-0.2, 0) is 11.3 Å². The van der Waals surface area contributed by atoms with Crippen LogP contribution in [0.2, 0.25) is 0 Å². The molecular formula is C15H20N4O3S. The van der Waals surface area contributed by atoms with E-state index in [0.29, 0.717) is 24.1 Å². The molecule has 0 amide bonds. The number of nitrogens with two attached hydrogens (primary N) is 1. The molecule has 2 atom stereocenters. The summed E-state index contributed by atoms with van der Waals surface area (Å²) in [7, 11) is 0. The molecule has 1 aromatic carbocycles. The van der Waals surface area contributed by atoms with Gasteiger partial charge in [0.2, 0.25) is 0 Å². The third-order valence-corrected chi connectivity index (χ3v) is 4.02. The Morgan fingerprint density at radius 3 is 3.04 bits per heavy atom. The van der Waals surface area contributed by atoms with Crippen LogP contribution in [0.25, 0.3) is 0 Å². The number of carboxylic acids is 1. The van der Waals surface area contributed by atoms with Gasteiger partial charge in [-0.05, 0) is 36.8 Å². The van der Waals surface area contributed by atoms with E-state index in [2.05, 4.69) is 22.7 Å². The zero-order valence-corrected chi connectivity index (χ0v) is 13.7. The molecule has 23 heavy (non-hydrogen) atoms. The number of carboxylic acid groups (broad SMARTS) is 1. The largest absolute Gasteiger partial charge is 0.544 e. The number of carbonyl (C=O) groups is 1. The van der Waals surface area contributed by atoms with E-state index in [9.17, 15) is 15.0 Å². The van der Waals surface area contributed by atoms with E-state index in [1.807, 2.05) is 13.0 Å². The Morgan fingerprint density at radius 1 is 1.65 bits per heavy atom. The van der Waals surface area contributed by atoms with Crippen molar-refractivity contribution in [3.8, 4) is 5.75 Å². The van der Waals surface area contributed by atoms with Crippen LogP contribution >= 0.6 is 12.2 Å². The number of phenols is 1. The zero-order valence-electron chi connectivity index (χ0n) is 12.8. The van der Waals surface area contributed by atoms with Crippen LogP contribution < -0.4 is 21.2 Å². The third kappa shape index (κ3) is 4.40. The number of carbonyl (C=O) groups excluding carboxylic acids is 1. The number of nitrogens with one attached hydrogen (secondary N) is 2. The fraction of sp³-hybridized carbons (Fsp3) is 0.400. The van der Waals surface area contributed by atoms with Gasteiger partial charge in [-0.2, -0.15) is 5.10 Å². The molecule has 1 aromatic rings. The first-order valence-corrected chi connectivity index (χ1v) is 7.75. The summed E-state index contributed by atoms with van der Waals surface area (Å²) in [6.45, 7) is 3.07. The van der Waals surface area contributed by atoms with E-state index < -0.39 is 12.0 Å². The van der Waals surface area contributed by atoms with Crippen LogP contribution in [0.4, 0.5) is 0 Å². The highest BCUT2D eigenvalue weighted by Gasteiger charge is 2.30. The number of rotatable bonds is 5. The van der Waals surface area contributed by atoms with Crippen molar-refractivity contribution in [2.75, 3.05) is 6.54 Å². The minimum Gasteiger partial charge on any atom is -0.544 e. The number of likely N-dealkylation sites (tertiary alicyclic amines) is 1. The fourth-order valence-corrected chi connectivity index (χ4v) is 2.99. The number of aryl methyl sites for hydroxylation is 1. The molecule has 124 valence electrons. The number of benzene rings is 1. The molecule has 0 saturated carbocycles. The maximum atomic E-state index is 11.2. The van der Waals surface area contributed by atoms with Gasteiger partial charge in [0.05, 0.1) is 18.7 Å². The van der Waals surface area contributed by atoms with E-state index in [4.69, 9.17) is 5.73 Å². The van der Waals surface area contributed by atoms with Gasteiger partial charge in [-0.25, -0.2) is 0 Å². The summed E-state index contributed by atoms with van der Waals surface area (Å²) in [5.74, 6) is -0.951. The molecule has 0 bridgehead atoms. The molecular weight excluding hydrogens is 316 g/mol. The molecule has 0 aromatic heterocycles. The first kappa shape index (κ1) is 17.2. The second-order valence-corrected chi connectivity index (χ2v) is 6.13. The van der Waals surface area contributed by atoms with Gasteiger partial charge in [0, 0.05) is 24.0 Å². The summed E-state index contributed by atoms with van der Waals surface area (Å²) < 4.78 is 0. The summed E-state index contributed by atoms with van der Waals surface area (Å²) in [4.78, 5) is 12.1. The second kappa shape index (κ2) is 7.38. The molecule has 1 heterocycles. The van der Waals surface area contributed by atoms with E-state index in [1.165, 1.54) is 6.21 Å². The van der Waals surface area contributed by atoms with Gasteiger partial charge in [-0.1, -0.05) is 0 Å². The second-order valence-electron chi connectivity index (χ2n) is 5.70. The van der Waals surface area contributed by atoms with E-state index in [1.54, 1.807) is 6.07 Å². The molecule has 1 saturated heterocycles. The van der Waals surface area contributed by atoms with E-state index >= 15 is 0 Å². The summed E-state index contributed by atoms with van der Waals surface area (Å²) in [5.41, 5.74) is 9.87. The molecule has 1 aliphatic rings. The Hall–Kier alpha value is -2.19. The number of hydrazone groups is 1. The molecule has 1 fully saturated rings. The predicted octanol–water partition coefficient (Wildman–Crippen LogP) is -1.84. The minimum absolute atomic E-state index is 0.0342. The minimum atomic E-state index is -1.04. The third-order valence-electron chi connectivity index (χ3n) is 3.93. The number of thiocarbonyl (C=S) groups is 1. The van der Waals surface area contributed by atoms with Crippen LogP contribution in [0.3, 0.4) is 0 Å². The number of nitrogens with zero attached hydrogens (tertiary/aromatic N) is 1. The van der Waals surface area contributed by atoms with Crippen molar-refractivity contribution in [2.45, 2.75) is 32.4 Å². The lowest BCUT2D eigenvalue weighted by Crippen LogP contribution is -3.14. The van der Waals surface area contributed by atoms with Crippen LogP contribution in [-0.4, -0.2) is 35.0 Å². The number of aliphatic carboxylic acids is 1. The summed E-state index contributed by atoms with van der Waals surface area (Å²) in [6.07, 6.45) is 2.88. The van der Waals surface area contributed by atoms with Crippen molar-refractivity contribution in [1.29, 1.82) is 0 Å². The Morgan fingerprint density at radius 2 is 2.39 bits per heavy atom. The molecule has 2 rings (SSSR count). The molecule has 1 aliphatic heterocycles. The molecule has 1 unspecified atom stereocenters. The lowest BCUT2D eigenvalue weighted by atomic mass is 10.0. The molecule has 7 nitrogen and oxygen atoms in total. The Kier molecular flexibility index (Phi) is 5.51. The highest BCUT2D eigenvalue weighted by atomic mass is 32.1. The maximum absolute atomic E-state index is 11.2. The maximum Gasteiger partial charge on any atom is 0.184 e. The normalized spacial score (nSPS) is 20.7. The highest BCUT2D eigenvalue weighted by molar-refractivity contribution is 7.80. The number of phenolic OH excluding ortho intramolecular Hbond substituents is 1. The van der Waals surface area contributed by atoms with Gasteiger partial charge < -0.3 is 25.6 Å². The molecule has 5 N–H and O–H groups in total. The van der Waals surface area contributed by atoms with E-state index in [0.717, 1.165) is 23.4 Å². The Balaban J connectivity index is 2.22. The van der Waals surface area contributed by atoms with Crippen LogP contribution in [0.1, 0.15) is 29.5 Å². The highest BCUT2D eigenvalue weighted by Crippen LogP contribution is 2.23. The lowest BCUT2D eigenvalue weighted by Gasteiger charge is -2.23. The topological polar surface area (TPSA) is 115 Å². The van der Waals surface area contributed by atoms with Gasteiger partial charge in [0.25, 0.3) is 0 Å². The SMILES string of the molecule is Cc1cc(/C=N/NC(N)=S)c(O)c(C[NH+]2CCC[C@H]2C(=O)[O-])c1. The predicted molar refractivity (Wildman–Crippen MR) is 87.9 cm³/mol. The Bertz CT molecular complexity index is 648. The summed E-state index contributed by atoms with van der Waals surface area (Å²) >= 11 is 4.65. The standard InChI is InChI=1S/C15H20N4O3S/c1-9-5-10(7-17-18-15(16)23)13(20)11(6-9)8-19-4-2-3-12(19)14(21)22/h5-7,12,20H,2-4,8H2,1H3,(H,21,22)(H3,16,18,23)/b17-7+/t12-/m0/s1. The summed E-state index contributed by atoms with van der Waals surface area (Å²) in [6, 6.07) is 3.10. The van der Waals surface area contributed by atoms with Crippen molar-refractivity contribution < 1.29 is 19.9 Å². The van der Waals surface area contributed by atoms with Gasteiger partial charge >= 0.3 is 0 Å². The van der Waals surface area contributed by atoms with Crippen molar-refractivity contribution in [3.63, 3.8) is 0 Å². The van der Waals surface area contributed by atoms with Crippen molar-refractivity contribution in [3.05, 3.63) is 28.8 Å². The molecule has 8 heteroatoms. The zero-order chi connectivity index (χ0) is 17.0. The first-order chi connectivity index (χ1) is 10.9. The Labute approximate surface area is 139 Å².